The molecule has 2 heterocycles. The highest BCUT2D eigenvalue weighted by atomic mass is 35.5. The van der Waals surface area contributed by atoms with Crippen LogP contribution in [0.4, 0.5) is 0 Å². The molecule has 3 aromatic rings. The molecule has 0 aliphatic carbocycles. The van der Waals surface area contributed by atoms with Gasteiger partial charge in [-0.3, -0.25) is 14.6 Å². The molecule has 33 heavy (non-hydrogen) atoms. The average molecular weight is 483 g/mol. The summed E-state index contributed by atoms with van der Waals surface area (Å²) in [5.41, 5.74) is 1.51. The van der Waals surface area contributed by atoms with Crippen LogP contribution in [-0.2, 0) is 16.1 Å². The summed E-state index contributed by atoms with van der Waals surface area (Å²) in [6.07, 6.45) is 1.61. The summed E-state index contributed by atoms with van der Waals surface area (Å²) in [5, 5.41) is 11.8. The fourth-order valence-electron chi connectivity index (χ4n) is 3.77. The number of carbonyl (C=O) groups excluding carboxylic acids is 2. The largest absolute Gasteiger partial charge is 0.507 e. The van der Waals surface area contributed by atoms with Crippen LogP contribution in [0.1, 0.15) is 29.8 Å². The number of aliphatic hydroxyl groups excluding tert-OH is 1. The molecule has 2 aromatic carbocycles. The number of hydrogen-bond acceptors (Lipinski definition) is 5. The van der Waals surface area contributed by atoms with Crippen molar-refractivity contribution in [3.63, 3.8) is 0 Å². The smallest absolute Gasteiger partial charge is 0.296 e. The van der Waals surface area contributed by atoms with Gasteiger partial charge in [0, 0.05) is 11.8 Å². The Morgan fingerprint density at radius 1 is 1.06 bits per heavy atom. The molecule has 0 radical (unpaired) electrons. The second kappa shape index (κ2) is 9.65. The number of ether oxygens (including phenoxy) is 1. The van der Waals surface area contributed by atoms with Crippen molar-refractivity contribution < 1.29 is 19.4 Å². The van der Waals surface area contributed by atoms with E-state index in [9.17, 15) is 14.7 Å². The number of pyridine rings is 1. The minimum absolute atomic E-state index is 0.0292. The second-order valence-corrected chi connectivity index (χ2v) is 8.19. The number of hydrogen-bond donors (Lipinski definition) is 1. The highest BCUT2D eigenvalue weighted by Crippen LogP contribution is 2.41. The minimum atomic E-state index is -0.867. The molecule has 0 saturated carbocycles. The van der Waals surface area contributed by atoms with E-state index in [0.29, 0.717) is 34.2 Å². The van der Waals surface area contributed by atoms with Gasteiger partial charge >= 0.3 is 0 Å². The van der Waals surface area contributed by atoms with E-state index in [2.05, 4.69) is 4.98 Å². The number of carbonyl (C=O) groups is 2. The van der Waals surface area contributed by atoms with Crippen molar-refractivity contribution in [2.45, 2.75) is 19.5 Å². The molecule has 1 amide bonds. The lowest BCUT2D eigenvalue weighted by Crippen LogP contribution is -2.29. The fraction of sp³-hybridized carbons (Fsp3) is 0.160. The van der Waals surface area contributed by atoms with Crippen LogP contribution in [0.2, 0.25) is 10.0 Å². The number of halogens is 2. The molecule has 0 spiro atoms. The first kappa shape index (κ1) is 22.8. The normalized spacial score (nSPS) is 17.4. The highest BCUT2D eigenvalue weighted by molar-refractivity contribution is 6.46. The van der Waals surface area contributed by atoms with E-state index in [4.69, 9.17) is 27.9 Å². The monoisotopic (exact) mass is 482 g/mol. The Morgan fingerprint density at radius 3 is 2.45 bits per heavy atom. The van der Waals surface area contributed by atoms with E-state index >= 15 is 0 Å². The van der Waals surface area contributed by atoms with E-state index in [0.717, 1.165) is 0 Å². The summed E-state index contributed by atoms with van der Waals surface area (Å²) >= 11 is 12.3. The molecule has 1 fully saturated rings. The number of nitrogens with zero attached hydrogens (tertiary/aromatic N) is 2. The molecule has 8 heteroatoms. The summed E-state index contributed by atoms with van der Waals surface area (Å²) in [4.78, 5) is 31.8. The Bertz CT molecular complexity index is 1230. The Kier molecular flexibility index (Phi) is 6.67. The summed E-state index contributed by atoms with van der Waals surface area (Å²) in [5.74, 6) is -1.17. The average Bonchev–Trinajstić information content (AvgIpc) is 3.07. The van der Waals surface area contributed by atoms with Crippen molar-refractivity contribution >= 4 is 40.7 Å². The number of aliphatic hydroxyl groups is 1. The summed E-state index contributed by atoms with van der Waals surface area (Å²) in [6.45, 7) is 2.45. The number of amides is 1. The van der Waals surface area contributed by atoms with Crippen LogP contribution in [0.15, 0.2) is 72.4 Å². The number of rotatable bonds is 6. The lowest BCUT2D eigenvalue weighted by molar-refractivity contribution is -0.140. The van der Waals surface area contributed by atoms with Crippen molar-refractivity contribution in [1.82, 2.24) is 9.88 Å². The van der Waals surface area contributed by atoms with Gasteiger partial charge in [0.25, 0.3) is 11.7 Å². The molecule has 1 aliphatic rings. The van der Waals surface area contributed by atoms with E-state index in [1.54, 1.807) is 66.9 Å². The maximum Gasteiger partial charge on any atom is 0.296 e. The third kappa shape index (κ3) is 4.58. The molecule has 4 rings (SSSR count). The van der Waals surface area contributed by atoms with Gasteiger partial charge < -0.3 is 14.7 Å². The predicted octanol–water partition coefficient (Wildman–Crippen LogP) is 5.41. The Hall–Kier alpha value is -3.35. The molecule has 6 nitrogen and oxygen atoms in total. The number of benzene rings is 2. The first-order valence-electron chi connectivity index (χ1n) is 10.3. The topological polar surface area (TPSA) is 79.7 Å². The van der Waals surface area contributed by atoms with Gasteiger partial charge in [0.05, 0.1) is 40.5 Å². The second-order valence-electron chi connectivity index (χ2n) is 7.38. The highest BCUT2D eigenvalue weighted by Gasteiger charge is 2.46. The molecule has 1 N–H and O–H groups in total. The van der Waals surface area contributed by atoms with Gasteiger partial charge in [-0.05, 0) is 61.0 Å². The Balaban J connectivity index is 1.84. The van der Waals surface area contributed by atoms with Crippen LogP contribution < -0.4 is 4.74 Å². The Labute approximate surface area is 201 Å². The van der Waals surface area contributed by atoms with Gasteiger partial charge in [0.15, 0.2) is 0 Å². The van der Waals surface area contributed by atoms with E-state index in [1.807, 2.05) is 6.92 Å². The van der Waals surface area contributed by atoms with E-state index in [-0.39, 0.29) is 22.9 Å². The molecule has 1 aliphatic heterocycles. The number of likely N-dealkylation sites (tertiary alicyclic amines) is 1. The zero-order valence-corrected chi connectivity index (χ0v) is 19.2. The molecule has 0 bridgehead atoms. The lowest BCUT2D eigenvalue weighted by atomic mass is 9.95. The first-order valence-corrected chi connectivity index (χ1v) is 11.0. The van der Waals surface area contributed by atoms with Crippen molar-refractivity contribution in [3.05, 3.63) is 99.3 Å². The molecule has 168 valence electrons. The van der Waals surface area contributed by atoms with Crippen molar-refractivity contribution in [3.8, 4) is 5.75 Å². The first-order chi connectivity index (χ1) is 15.9. The minimum Gasteiger partial charge on any atom is -0.507 e. The van der Waals surface area contributed by atoms with Gasteiger partial charge in [0.2, 0.25) is 0 Å². The van der Waals surface area contributed by atoms with Crippen LogP contribution >= 0.6 is 23.2 Å². The fourth-order valence-corrected chi connectivity index (χ4v) is 4.08. The van der Waals surface area contributed by atoms with Gasteiger partial charge in [-0.2, -0.15) is 0 Å². The quantitative estimate of drug-likeness (QED) is 0.288. The lowest BCUT2D eigenvalue weighted by Gasteiger charge is -2.25. The molecule has 1 atom stereocenters. The van der Waals surface area contributed by atoms with Crippen LogP contribution in [0, 0.1) is 0 Å². The van der Waals surface area contributed by atoms with Crippen LogP contribution in [0.5, 0.6) is 5.75 Å². The zero-order chi connectivity index (χ0) is 23.5. The molecule has 1 unspecified atom stereocenters. The standard InChI is InChI=1S/C25H20Cl2N2O4/c1-2-33-18-9-6-15(7-10-18)23(30)21-22(16-8-11-19(26)20(27)13-16)29(25(32)24(21)31)14-17-5-3-4-12-28-17/h3-13,22,30H,2,14H2,1H3/b23-21-. The van der Waals surface area contributed by atoms with Crippen molar-refractivity contribution in [2.24, 2.45) is 0 Å². The van der Waals surface area contributed by atoms with Gasteiger partial charge in [-0.25, -0.2) is 0 Å². The van der Waals surface area contributed by atoms with Crippen LogP contribution in [0.25, 0.3) is 5.76 Å². The number of aromatic nitrogens is 1. The van der Waals surface area contributed by atoms with Gasteiger partial charge in [0.1, 0.15) is 11.5 Å². The predicted molar refractivity (Wildman–Crippen MR) is 126 cm³/mol. The van der Waals surface area contributed by atoms with Crippen LogP contribution in [-0.4, -0.2) is 33.3 Å². The Morgan fingerprint density at radius 2 is 1.82 bits per heavy atom. The summed E-state index contributed by atoms with van der Waals surface area (Å²) < 4.78 is 5.44. The SMILES string of the molecule is CCOc1ccc(/C(O)=C2/C(=O)C(=O)N(Cc3ccccn3)C2c2ccc(Cl)c(Cl)c2)cc1. The third-order valence-corrected chi connectivity index (χ3v) is 6.04. The summed E-state index contributed by atoms with van der Waals surface area (Å²) in [6, 6.07) is 16.0. The maximum absolute atomic E-state index is 13.1. The molecule has 1 aromatic heterocycles. The van der Waals surface area contributed by atoms with E-state index in [1.165, 1.54) is 4.90 Å². The van der Waals surface area contributed by atoms with Crippen molar-refractivity contribution in [1.29, 1.82) is 0 Å². The van der Waals surface area contributed by atoms with Crippen LogP contribution in [0.3, 0.4) is 0 Å². The van der Waals surface area contributed by atoms with Gasteiger partial charge in [-0.15, -0.1) is 0 Å². The number of Topliss-reactive ketones (excluding diaryl/α,β-unsaturated/α-hetero) is 1. The zero-order valence-electron chi connectivity index (χ0n) is 17.7. The van der Waals surface area contributed by atoms with E-state index < -0.39 is 17.7 Å². The molecular weight excluding hydrogens is 463 g/mol. The maximum atomic E-state index is 13.1. The summed E-state index contributed by atoms with van der Waals surface area (Å²) in [7, 11) is 0. The number of ketones is 1. The third-order valence-electron chi connectivity index (χ3n) is 5.30. The van der Waals surface area contributed by atoms with Crippen molar-refractivity contribution in [2.75, 3.05) is 6.61 Å². The molecular formula is C25H20Cl2N2O4. The molecule has 1 saturated heterocycles. The van der Waals surface area contributed by atoms with Gasteiger partial charge in [-0.1, -0.05) is 35.3 Å².